The van der Waals surface area contributed by atoms with Crippen LogP contribution in [0.25, 0.3) is 0 Å². The molecular formula is C23H30N4. The van der Waals surface area contributed by atoms with Gasteiger partial charge in [0.05, 0.1) is 23.2 Å². The monoisotopic (exact) mass is 362 g/mol. The van der Waals surface area contributed by atoms with E-state index >= 15 is 0 Å². The van der Waals surface area contributed by atoms with Crippen LogP contribution < -0.4 is 0 Å². The van der Waals surface area contributed by atoms with Crippen LogP contribution >= 0.6 is 0 Å². The predicted octanol–water partition coefficient (Wildman–Crippen LogP) is 5.81. The molecule has 4 nitrogen and oxygen atoms in total. The molecule has 3 aromatic rings. The standard InChI is InChI=1S/C17H12N4.3C2H6/c18-13-17(14-7-1-4-10-19-14,15-8-2-5-11-20-15)16-9-3-6-12-21-16;3*1-2/h1-12H;3*1-2H3. The number of pyridine rings is 3. The molecule has 0 amide bonds. The Balaban J connectivity index is 0.00000103. The summed E-state index contributed by atoms with van der Waals surface area (Å²) in [5, 5.41) is 9.97. The summed E-state index contributed by atoms with van der Waals surface area (Å²) in [7, 11) is 0. The Hall–Kier alpha value is -3.06. The van der Waals surface area contributed by atoms with Crippen molar-refractivity contribution >= 4 is 0 Å². The summed E-state index contributed by atoms with van der Waals surface area (Å²) in [6.07, 6.45) is 5.02. The van der Waals surface area contributed by atoms with E-state index in [1.165, 1.54) is 0 Å². The highest BCUT2D eigenvalue weighted by atomic mass is 14.8. The molecule has 0 N–H and O–H groups in total. The normalized spacial score (nSPS) is 9.07. The van der Waals surface area contributed by atoms with E-state index < -0.39 is 5.41 Å². The molecule has 0 aromatic carbocycles. The minimum atomic E-state index is -1.11. The summed E-state index contributed by atoms with van der Waals surface area (Å²) in [6.45, 7) is 12.0. The van der Waals surface area contributed by atoms with Gasteiger partial charge in [0.2, 0.25) is 0 Å². The van der Waals surface area contributed by atoms with Gasteiger partial charge >= 0.3 is 0 Å². The lowest BCUT2D eigenvalue weighted by Gasteiger charge is -2.24. The average molecular weight is 363 g/mol. The summed E-state index contributed by atoms with van der Waals surface area (Å²) in [5.41, 5.74) is 0.740. The average Bonchev–Trinajstić information content (AvgIpc) is 2.81. The fraction of sp³-hybridized carbons (Fsp3) is 0.304. The summed E-state index contributed by atoms with van der Waals surface area (Å²) < 4.78 is 0. The Kier molecular flexibility index (Phi) is 12.5. The van der Waals surface area contributed by atoms with Gasteiger partial charge in [-0.15, -0.1) is 0 Å². The minimum absolute atomic E-state index is 0.616. The van der Waals surface area contributed by atoms with Gasteiger partial charge in [0, 0.05) is 18.6 Å². The zero-order chi connectivity index (χ0) is 20.5. The fourth-order valence-electron chi connectivity index (χ4n) is 2.32. The third-order valence-electron chi connectivity index (χ3n) is 3.32. The van der Waals surface area contributed by atoms with Crippen LogP contribution in [0.15, 0.2) is 73.2 Å². The van der Waals surface area contributed by atoms with Crippen molar-refractivity contribution in [1.82, 2.24) is 15.0 Å². The van der Waals surface area contributed by atoms with Gasteiger partial charge < -0.3 is 0 Å². The van der Waals surface area contributed by atoms with Crippen LogP contribution in [0.2, 0.25) is 0 Å². The lowest BCUT2D eigenvalue weighted by molar-refractivity contribution is 0.702. The minimum Gasteiger partial charge on any atom is -0.259 e. The number of aromatic nitrogens is 3. The van der Waals surface area contributed by atoms with Crippen molar-refractivity contribution in [1.29, 1.82) is 5.26 Å². The molecule has 3 heterocycles. The number of nitrogens with zero attached hydrogens (tertiary/aromatic N) is 4. The third-order valence-corrected chi connectivity index (χ3v) is 3.32. The molecule has 0 spiro atoms. The Morgan fingerprint density at radius 3 is 1.07 bits per heavy atom. The van der Waals surface area contributed by atoms with Crippen LogP contribution in [0.5, 0.6) is 0 Å². The summed E-state index contributed by atoms with van der Waals surface area (Å²) in [4.78, 5) is 13.1. The first kappa shape index (κ1) is 23.9. The molecular weight excluding hydrogens is 332 g/mol. The lowest BCUT2D eigenvalue weighted by Crippen LogP contribution is -2.30. The molecule has 27 heavy (non-hydrogen) atoms. The Morgan fingerprint density at radius 1 is 0.593 bits per heavy atom. The third kappa shape index (κ3) is 5.72. The van der Waals surface area contributed by atoms with E-state index in [9.17, 15) is 5.26 Å². The molecule has 0 unspecified atom stereocenters. The number of rotatable bonds is 3. The molecule has 142 valence electrons. The van der Waals surface area contributed by atoms with Gasteiger partial charge in [0.15, 0.2) is 5.41 Å². The first-order chi connectivity index (χ1) is 13.4. The van der Waals surface area contributed by atoms with Crippen LogP contribution in [0.4, 0.5) is 0 Å². The van der Waals surface area contributed by atoms with E-state index in [0.717, 1.165) is 0 Å². The van der Waals surface area contributed by atoms with Crippen molar-refractivity contribution in [2.24, 2.45) is 0 Å². The van der Waals surface area contributed by atoms with Crippen LogP contribution in [0, 0.1) is 11.3 Å². The second-order valence-corrected chi connectivity index (χ2v) is 4.51. The summed E-state index contributed by atoms with van der Waals surface area (Å²) in [6, 6.07) is 18.9. The highest BCUT2D eigenvalue weighted by molar-refractivity contribution is 5.49. The topological polar surface area (TPSA) is 62.5 Å². The molecule has 3 aromatic heterocycles. The van der Waals surface area contributed by atoms with Crippen molar-refractivity contribution in [2.45, 2.75) is 47.0 Å². The quantitative estimate of drug-likeness (QED) is 0.590. The van der Waals surface area contributed by atoms with Crippen molar-refractivity contribution in [3.63, 3.8) is 0 Å². The molecule has 3 rings (SSSR count). The summed E-state index contributed by atoms with van der Waals surface area (Å²) >= 11 is 0. The zero-order valence-electron chi connectivity index (χ0n) is 17.2. The molecule has 0 fully saturated rings. The maximum Gasteiger partial charge on any atom is 0.182 e. The van der Waals surface area contributed by atoms with Crippen molar-refractivity contribution in [3.8, 4) is 6.07 Å². The zero-order valence-corrected chi connectivity index (χ0v) is 17.2. The smallest absolute Gasteiger partial charge is 0.182 e. The Morgan fingerprint density at radius 2 is 0.889 bits per heavy atom. The number of hydrogen-bond donors (Lipinski definition) is 0. The number of hydrogen-bond acceptors (Lipinski definition) is 4. The first-order valence-electron chi connectivity index (χ1n) is 9.54. The SMILES string of the molecule is CC.CC.CC.N#CC(c1ccccn1)(c1ccccn1)c1ccccn1. The maximum atomic E-state index is 9.97. The van der Waals surface area contributed by atoms with E-state index in [4.69, 9.17) is 0 Å². The maximum absolute atomic E-state index is 9.97. The molecule has 4 heteroatoms. The van der Waals surface area contributed by atoms with Crippen molar-refractivity contribution in [3.05, 3.63) is 90.3 Å². The molecule has 0 aliphatic rings. The Bertz CT molecular complexity index is 654. The molecule has 0 atom stereocenters. The predicted molar refractivity (Wildman–Crippen MR) is 112 cm³/mol. The van der Waals surface area contributed by atoms with Gasteiger partial charge in [-0.05, 0) is 36.4 Å². The molecule has 0 radical (unpaired) electrons. The van der Waals surface area contributed by atoms with Crippen LogP contribution in [0.3, 0.4) is 0 Å². The van der Waals surface area contributed by atoms with Crippen molar-refractivity contribution < 1.29 is 0 Å². The summed E-state index contributed by atoms with van der Waals surface area (Å²) in [5.74, 6) is 0. The number of nitriles is 1. The van der Waals surface area contributed by atoms with Gasteiger partial charge in [-0.1, -0.05) is 59.7 Å². The highest BCUT2D eigenvalue weighted by Gasteiger charge is 2.40. The molecule has 0 bridgehead atoms. The Labute approximate surface area is 164 Å². The van der Waals surface area contributed by atoms with E-state index in [-0.39, 0.29) is 0 Å². The first-order valence-corrected chi connectivity index (χ1v) is 9.54. The molecule has 0 saturated heterocycles. The van der Waals surface area contributed by atoms with Crippen LogP contribution in [-0.2, 0) is 5.41 Å². The van der Waals surface area contributed by atoms with E-state index in [2.05, 4.69) is 21.0 Å². The van der Waals surface area contributed by atoms with Gasteiger partial charge in [0.1, 0.15) is 0 Å². The fourth-order valence-corrected chi connectivity index (χ4v) is 2.32. The van der Waals surface area contributed by atoms with Crippen molar-refractivity contribution in [2.75, 3.05) is 0 Å². The molecule has 0 aliphatic heterocycles. The van der Waals surface area contributed by atoms with Gasteiger partial charge in [-0.3, -0.25) is 15.0 Å². The molecule has 0 saturated carbocycles. The van der Waals surface area contributed by atoms with Gasteiger partial charge in [-0.25, -0.2) is 0 Å². The van der Waals surface area contributed by atoms with E-state index in [1.807, 2.05) is 96.1 Å². The lowest BCUT2D eigenvalue weighted by atomic mass is 9.78. The van der Waals surface area contributed by atoms with Gasteiger partial charge in [0.25, 0.3) is 0 Å². The van der Waals surface area contributed by atoms with E-state index in [1.54, 1.807) is 18.6 Å². The second kappa shape index (κ2) is 14.1. The molecule has 0 aliphatic carbocycles. The van der Waals surface area contributed by atoms with Gasteiger partial charge in [-0.2, -0.15) is 5.26 Å². The second-order valence-electron chi connectivity index (χ2n) is 4.51. The van der Waals surface area contributed by atoms with Crippen LogP contribution in [-0.4, -0.2) is 15.0 Å². The van der Waals surface area contributed by atoms with Crippen LogP contribution in [0.1, 0.15) is 58.6 Å². The largest absolute Gasteiger partial charge is 0.259 e. The van der Waals surface area contributed by atoms with E-state index in [0.29, 0.717) is 17.1 Å². The highest BCUT2D eigenvalue weighted by Crippen LogP contribution is 2.34.